The van der Waals surface area contributed by atoms with Crippen LogP contribution in [0.3, 0.4) is 0 Å². The largest absolute Gasteiger partial charge is 0.378 e. The Morgan fingerprint density at radius 3 is 2.82 bits per heavy atom. The number of aldehydes is 1. The second kappa shape index (κ2) is 5.72. The summed E-state index contributed by atoms with van der Waals surface area (Å²) in [6.45, 7) is 5.17. The number of carbonyl (C=O) groups excluding carboxylic acids is 1. The molecule has 2 rings (SSSR count). The molecular formula is C12H17N3O2. The molecule has 1 aliphatic rings. The van der Waals surface area contributed by atoms with Gasteiger partial charge in [0.1, 0.15) is 17.9 Å². The molecule has 0 radical (unpaired) electrons. The molecule has 5 nitrogen and oxygen atoms in total. The average Bonchev–Trinajstić information content (AvgIpc) is 2.40. The highest BCUT2D eigenvalue weighted by molar-refractivity contribution is 5.55. The molecule has 0 N–H and O–H groups in total. The van der Waals surface area contributed by atoms with Gasteiger partial charge in [-0.15, -0.1) is 0 Å². The highest BCUT2D eigenvalue weighted by atomic mass is 16.5. The first kappa shape index (κ1) is 12.0. The van der Waals surface area contributed by atoms with E-state index in [2.05, 4.69) is 14.9 Å². The summed E-state index contributed by atoms with van der Waals surface area (Å²) in [5, 5.41) is 0. The van der Waals surface area contributed by atoms with Crippen molar-refractivity contribution in [3.05, 3.63) is 17.6 Å². The summed E-state index contributed by atoms with van der Waals surface area (Å²) in [6, 6.07) is 1.90. The molecule has 0 spiro atoms. The van der Waals surface area contributed by atoms with Gasteiger partial charge in [0.15, 0.2) is 0 Å². The van der Waals surface area contributed by atoms with E-state index in [-0.39, 0.29) is 0 Å². The van der Waals surface area contributed by atoms with Gasteiger partial charge in [-0.2, -0.15) is 0 Å². The quantitative estimate of drug-likeness (QED) is 0.716. The van der Waals surface area contributed by atoms with E-state index in [1.165, 1.54) is 0 Å². The summed E-state index contributed by atoms with van der Waals surface area (Å²) in [6.07, 6.45) is 2.02. The average molecular weight is 235 g/mol. The van der Waals surface area contributed by atoms with E-state index in [4.69, 9.17) is 4.74 Å². The van der Waals surface area contributed by atoms with Gasteiger partial charge >= 0.3 is 0 Å². The van der Waals surface area contributed by atoms with Crippen molar-refractivity contribution in [2.45, 2.75) is 19.8 Å². The molecule has 0 aromatic carbocycles. The molecule has 1 aromatic rings. The minimum absolute atomic E-state index is 0.354. The lowest BCUT2D eigenvalue weighted by molar-refractivity contribution is -0.107. The normalized spacial score (nSPS) is 15.9. The van der Waals surface area contributed by atoms with E-state index >= 15 is 0 Å². The first-order valence-electron chi connectivity index (χ1n) is 5.96. The molecule has 92 valence electrons. The third kappa shape index (κ3) is 3.00. The Morgan fingerprint density at radius 1 is 1.41 bits per heavy atom. The number of hydrogen-bond donors (Lipinski definition) is 0. The number of anilines is 1. The fourth-order valence-corrected chi connectivity index (χ4v) is 1.84. The minimum Gasteiger partial charge on any atom is -0.378 e. The van der Waals surface area contributed by atoms with E-state index in [1.54, 1.807) is 0 Å². The van der Waals surface area contributed by atoms with E-state index in [0.29, 0.717) is 6.42 Å². The van der Waals surface area contributed by atoms with Crippen molar-refractivity contribution in [3.63, 3.8) is 0 Å². The maximum Gasteiger partial charge on any atom is 0.132 e. The predicted octanol–water partition coefficient (Wildman–Crippen LogP) is 0.617. The van der Waals surface area contributed by atoms with Crippen molar-refractivity contribution >= 4 is 12.1 Å². The first-order valence-corrected chi connectivity index (χ1v) is 5.96. The number of hydrogen-bond acceptors (Lipinski definition) is 5. The Labute approximate surface area is 101 Å². The van der Waals surface area contributed by atoms with Gasteiger partial charge in [0.05, 0.1) is 18.9 Å². The van der Waals surface area contributed by atoms with Gasteiger partial charge in [-0.3, -0.25) is 0 Å². The van der Waals surface area contributed by atoms with E-state index in [9.17, 15) is 4.79 Å². The SMILES string of the molecule is CCc1nc(CC=O)cc(N2CCOCC2)n1. The number of ether oxygens (including phenoxy) is 1. The first-order chi connectivity index (χ1) is 8.33. The Hall–Kier alpha value is -1.49. The van der Waals surface area contributed by atoms with Crippen molar-refractivity contribution in [1.29, 1.82) is 0 Å². The third-order valence-electron chi connectivity index (χ3n) is 2.76. The molecule has 0 amide bonds. The predicted molar refractivity (Wildman–Crippen MR) is 64.2 cm³/mol. The van der Waals surface area contributed by atoms with E-state index in [0.717, 1.165) is 56.3 Å². The van der Waals surface area contributed by atoms with Gasteiger partial charge in [0.25, 0.3) is 0 Å². The van der Waals surface area contributed by atoms with Gasteiger partial charge in [0, 0.05) is 32.0 Å². The summed E-state index contributed by atoms with van der Waals surface area (Å²) in [7, 11) is 0. The van der Waals surface area contributed by atoms with Crippen LogP contribution >= 0.6 is 0 Å². The maximum atomic E-state index is 10.6. The zero-order valence-electron chi connectivity index (χ0n) is 10.1. The Balaban J connectivity index is 2.24. The second-order valence-corrected chi connectivity index (χ2v) is 3.96. The standard InChI is InChI=1S/C12H17N3O2/c1-2-11-13-10(3-6-16)9-12(14-11)15-4-7-17-8-5-15/h6,9H,2-5,7-8H2,1H3. The van der Waals surface area contributed by atoms with Crippen LogP contribution in [-0.2, 0) is 22.4 Å². The molecular weight excluding hydrogens is 218 g/mol. The molecule has 0 bridgehead atoms. The number of rotatable bonds is 4. The number of morpholine rings is 1. The van der Waals surface area contributed by atoms with Crippen molar-refractivity contribution < 1.29 is 9.53 Å². The van der Waals surface area contributed by atoms with Crippen LogP contribution in [0.4, 0.5) is 5.82 Å². The fourth-order valence-electron chi connectivity index (χ4n) is 1.84. The molecule has 5 heteroatoms. The smallest absolute Gasteiger partial charge is 0.132 e. The Morgan fingerprint density at radius 2 is 2.18 bits per heavy atom. The van der Waals surface area contributed by atoms with Crippen LogP contribution in [0.25, 0.3) is 0 Å². The van der Waals surface area contributed by atoms with Crippen molar-refractivity contribution in [3.8, 4) is 0 Å². The van der Waals surface area contributed by atoms with Gasteiger partial charge < -0.3 is 14.4 Å². The molecule has 0 aliphatic carbocycles. The number of aromatic nitrogens is 2. The summed E-state index contributed by atoms with van der Waals surface area (Å²) in [4.78, 5) is 21.6. The van der Waals surface area contributed by atoms with E-state index < -0.39 is 0 Å². The lowest BCUT2D eigenvalue weighted by Crippen LogP contribution is -2.37. The summed E-state index contributed by atoms with van der Waals surface area (Å²) >= 11 is 0. The molecule has 2 heterocycles. The second-order valence-electron chi connectivity index (χ2n) is 3.96. The molecule has 17 heavy (non-hydrogen) atoms. The Kier molecular flexibility index (Phi) is 4.03. The third-order valence-corrected chi connectivity index (χ3v) is 2.76. The van der Waals surface area contributed by atoms with Crippen LogP contribution in [0.1, 0.15) is 18.4 Å². The summed E-state index contributed by atoms with van der Waals surface area (Å²) in [5.41, 5.74) is 0.799. The van der Waals surface area contributed by atoms with Crippen LogP contribution in [0.5, 0.6) is 0 Å². The topological polar surface area (TPSA) is 55.3 Å². The maximum absolute atomic E-state index is 10.6. The van der Waals surface area contributed by atoms with Crippen molar-refractivity contribution in [2.24, 2.45) is 0 Å². The fraction of sp³-hybridized carbons (Fsp3) is 0.583. The van der Waals surface area contributed by atoms with Gasteiger partial charge in [-0.05, 0) is 0 Å². The molecule has 0 saturated carbocycles. The van der Waals surface area contributed by atoms with Crippen LogP contribution in [0.2, 0.25) is 0 Å². The molecule has 1 saturated heterocycles. The van der Waals surface area contributed by atoms with Gasteiger partial charge in [0.2, 0.25) is 0 Å². The highest BCUT2D eigenvalue weighted by Crippen LogP contribution is 2.14. The molecule has 1 aliphatic heterocycles. The molecule has 1 aromatic heterocycles. The van der Waals surface area contributed by atoms with Crippen LogP contribution < -0.4 is 4.90 Å². The van der Waals surface area contributed by atoms with Crippen molar-refractivity contribution in [2.75, 3.05) is 31.2 Å². The highest BCUT2D eigenvalue weighted by Gasteiger charge is 2.14. The lowest BCUT2D eigenvalue weighted by Gasteiger charge is -2.28. The van der Waals surface area contributed by atoms with E-state index in [1.807, 2.05) is 13.0 Å². The number of aryl methyl sites for hydroxylation is 1. The molecule has 0 unspecified atom stereocenters. The van der Waals surface area contributed by atoms with Crippen LogP contribution in [0, 0.1) is 0 Å². The Bertz CT molecular complexity index is 389. The minimum atomic E-state index is 0.354. The monoisotopic (exact) mass is 235 g/mol. The number of carbonyl (C=O) groups is 1. The summed E-state index contributed by atoms with van der Waals surface area (Å²) < 4.78 is 5.31. The van der Waals surface area contributed by atoms with Gasteiger partial charge in [-0.1, -0.05) is 6.92 Å². The molecule has 0 atom stereocenters. The van der Waals surface area contributed by atoms with Crippen LogP contribution in [-0.4, -0.2) is 42.6 Å². The van der Waals surface area contributed by atoms with Crippen LogP contribution in [0.15, 0.2) is 6.07 Å². The zero-order valence-corrected chi connectivity index (χ0v) is 10.1. The zero-order chi connectivity index (χ0) is 12.1. The van der Waals surface area contributed by atoms with Crippen molar-refractivity contribution in [1.82, 2.24) is 9.97 Å². The van der Waals surface area contributed by atoms with Gasteiger partial charge in [-0.25, -0.2) is 9.97 Å². The number of nitrogens with zero attached hydrogens (tertiary/aromatic N) is 3. The summed E-state index contributed by atoms with van der Waals surface area (Å²) in [5.74, 6) is 1.71. The molecule has 1 fully saturated rings. The lowest BCUT2D eigenvalue weighted by atomic mass is 10.2.